The van der Waals surface area contributed by atoms with Crippen LogP contribution in [0.5, 0.6) is 0 Å². The topological polar surface area (TPSA) is 99.4 Å². The SMILES string of the molecule is CCC[CH2][Sn][CH2]CCC.CCC[CH2][Sn][CH2]CCC.CO[C@H]1O[C@H](CO)[C@@H](O)[C@H](O)[C@H]1O. The van der Waals surface area contributed by atoms with Crippen LogP contribution < -0.4 is 0 Å². The molecular formula is C23H50O6Sn2. The Bertz CT molecular complexity index is 306. The Labute approximate surface area is 212 Å². The van der Waals surface area contributed by atoms with E-state index in [1.807, 2.05) is 0 Å². The van der Waals surface area contributed by atoms with Gasteiger partial charge in [-0.15, -0.1) is 0 Å². The molecule has 31 heavy (non-hydrogen) atoms. The van der Waals surface area contributed by atoms with Gasteiger partial charge in [-0.2, -0.15) is 0 Å². The van der Waals surface area contributed by atoms with Crippen LogP contribution >= 0.6 is 0 Å². The van der Waals surface area contributed by atoms with Crippen LogP contribution in [0.3, 0.4) is 0 Å². The quantitative estimate of drug-likeness (QED) is 0.168. The largest absolute Gasteiger partial charge is 0.394 e. The summed E-state index contributed by atoms with van der Waals surface area (Å²) in [7, 11) is 1.30. The smallest absolute Gasteiger partial charge is 0.186 e. The maximum atomic E-state index is 9.28. The molecule has 6 nitrogen and oxygen atoms in total. The first-order valence-corrected chi connectivity index (χ1v) is 20.3. The van der Waals surface area contributed by atoms with Gasteiger partial charge in [0, 0.05) is 7.11 Å². The number of aliphatic hydroxyl groups is 4. The number of ether oxygens (including phenoxy) is 2. The molecule has 1 saturated heterocycles. The summed E-state index contributed by atoms with van der Waals surface area (Å²) in [6.45, 7) is 8.72. The molecule has 0 spiro atoms. The summed E-state index contributed by atoms with van der Waals surface area (Å²) in [5.74, 6) is 0. The Morgan fingerprint density at radius 2 is 1.06 bits per heavy atom. The third-order valence-electron chi connectivity index (χ3n) is 4.91. The van der Waals surface area contributed by atoms with Gasteiger partial charge in [-0.25, -0.2) is 0 Å². The van der Waals surface area contributed by atoms with Crippen LogP contribution in [0.15, 0.2) is 0 Å². The third kappa shape index (κ3) is 19.4. The maximum Gasteiger partial charge on any atom is 0.186 e. The van der Waals surface area contributed by atoms with E-state index in [2.05, 4.69) is 27.7 Å². The van der Waals surface area contributed by atoms with Crippen LogP contribution in [0.2, 0.25) is 17.7 Å². The molecule has 0 aromatic heterocycles. The fourth-order valence-electron chi connectivity index (χ4n) is 2.72. The second-order valence-corrected chi connectivity index (χ2v) is 16.4. The summed E-state index contributed by atoms with van der Waals surface area (Å²) in [5, 5.41) is 36.6. The Hall–Kier alpha value is 1.36. The van der Waals surface area contributed by atoms with Crippen LogP contribution in [0.25, 0.3) is 0 Å². The first-order valence-electron chi connectivity index (χ1n) is 12.2. The number of methoxy groups -OCH3 is 1. The summed E-state index contributed by atoms with van der Waals surface area (Å²) in [5.41, 5.74) is 0. The van der Waals surface area contributed by atoms with E-state index in [4.69, 9.17) is 14.6 Å². The van der Waals surface area contributed by atoms with Gasteiger partial charge in [0.2, 0.25) is 0 Å². The molecule has 1 rings (SSSR count). The van der Waals surface area contributed by atoms with Crippen molar-refractivity contribution in [3.05, 3.63) is 0 Å². The molecule has 1 aliphatic heterocycles. The molecular weight excluding hydrogens is 610 g/mol. The predicted molar refractivity (Wildman–Crippen MR) is 131 cm³/mol. The number of aliphatic hydroxyl groups excluding tert-OH is 4. The van der Waals surface area contributed by atoms with Crippen molar-refractivity contribution >= 4 is 42.3 Å². The molecule has 5 atom stereocenters. The molecule has 1 heterocycles. The second-order valence-electron chi connectivity index (χ2n) is 7.85. The minimum Gasteiger partial charge on any atom is -0.394 e. The van der Waals surface area contributed by atoms with E-state index in [1.54, 1.807) is 17.7 Å². The van der Waals surface area contributed by atoms with Crippen LogP contribution in [-0.4, -0.2) is 107 Å². The molecule has 4 N–H and O–H groups in total. The number of unbranched alkanes of at least 4 members (excludes halogenated alkanes) is 4. The first-order chi connectivity index (χ1) is 14.9. The monoisotopic (exact) mass is 662 g/mol. The van der Waals surface area contributed by atoms with Gasteiger partial charge in [-0.1, -0.05) is 0 Å². The van der Waals surface area contributed by atoms with Crippen molar-refractivity contribution in [2.75, 3.05) is 13.7 Å². The molecule has 0 amide bonds. The molecule has 0 aromatic carbocycles. The zero-order valence-electron chi connectivity index (χ0n) is 20.7. The van der Waals surface area contributed by atoms with Crippen molar-refractivity contribution in [3.8, 4) is 0 Å². The molecule has 1 fully saturated rings. The van der Waals surface area contributed by atoms with Gasteiger partial charge in [0.25, 0.3) is 0 Å². The molecule has 0 unspecified atom stereocenters. The van der Waals surface area contributed by atoms with E-state index in [0.717, 1.165) is 0 Å². The summed E-state index contributed by atoms with van der Waals surface area (Å²) >= 11 is 0.299. The average Bonchev–Trinajstić information content (AvgIpc) is 2.79. The Morgan fingerprint density at radius 3 is 1.35 bits per heavy atom. The minimum absolute atomic E-state index is 0.149. The summed E-state index contributed by atoms with van der Waals surface area (Å²) < 4.78 is 16.1. The summed E-state index contributed by atoms with van der Waals surface area (Å²) in [4.78, 5) is 0. The van der Waals surface area contributed by atoms with Gasteiger partial charge in [-0.3, -0.25) is 0 Å². The van der Waals surface area contributed by atoms with E-state index < -0.39 is 37.3 Å². The minimum atomic E-state index is -1.36. The van der Waals surface area contributed by atoms with Crippen molar-refractivity contribution in [1.82, 2.24) is 0 Å². The number of hydrogen-bond donors (Lipinski definition) is 4. The van der Waals surface area contributed by atoms with E-state index in [-0.39, 0.29) is 42.3 Å². The van der Waals surface area contributed by atoms with Crippen molar-refractivity contribution in [3.63, 3.8) is 0 Å². The number of hydrogen-bond acceptors (Lipinski definition) is 6. The molecule has 0 aliphatic carbocycles. The molecule has 8 heteroatoms. The Morgan fingerprint density at radius 1 is 0.677 bits per heavy atom. The average molecular weight is 660 g/mol. The fourth-order valence-corrected chi connectivity index (χ4v) is 11.0. The van der Waals surface area contributed by atoms with Crippen molar-refractivity contribution in [1.29, 1.82) is 0 Å². The van der Waals surface area contributed by atoms with Crippen molar-refractivity contribution < 1.29 is 29.9 Å². The summed E-state index contributed by atoms with van der Waals surface area (Å²) in [6.07, 6.45) is 5.76. The van der Waals surface area contributed by atoms with E-state index >= 15 is 0 Å². The zero-order chi connectivity index (χ0) is 23.9. The zero-order valence-corrected chi connectivity index (χ0v) is 26.4. The van der Waals surface area contributed by atoms with Crippen LogP contribution in [0.1, 0.15) is 79.1 Å². The van der Waals surface area contributed by atoms with Gasteiger partial charge < -0.3 is 29.9 Å². The normalized spacial score (nSPS) is 25.3. The van der Waals surface area contributed by atoms with Crippen molar-refractivity contribution in [2.24, 2.45) is 0 Å². The fraction of sp³-hybridized carbons (Fsp3) is 1.00. The van der Waals surface area contributed by atoms with Gasteiger partial charge in [-0.05, 0) is 0 Å². The van der Waals surface area contributed by atoms with Crippen LogP contribution in [-0.2, 0) is 9.47 Å². The Kier molecular flexibility index (Phi) is 28.9. The molecule has 0 aromatic rings. The van der Waals surface area contributed by atoms with Gasteiger partial charge in [0.1, 0.15) is 24.4 Å². The molecule has 4 radical (unpaired) electrons. The maximum absolute atomic E-state index is 9.28. The van der Waals surface area contributed by atoms with Crippen molar-refractivity contribution in [2.45, 2.75) is 128 Å². The van der Waals surface area contributed by atoms with E-state index in [1.165, 1.54) is 58.5 Å². The Balaban J connectivity index is 0. The first kappa shape index (κ1) is 34.5. The standard InChI is InChI=1S/C7H14O6.4C4H9.2Sn/c1-12-7-6(11)5(10)4(9)3(2-8)13-7;4*1-3-4-2;;/h3-11H,2H2,1H3;4*1,3-4H2,2H3;;/t3-,4-,5+,6-,7+;;;;;;/m1....../s1. The second kappa shape index (κ2) is 26.0. The van der Waals surface area contributed by atoms with Crippen LogP contribution in [0.4, 0.5) is 0 Å². The van der Waals surface area contributed by atoms with Crippen LogP contribution in [0, 0.1) is 0 Å². The third-order valence-corrected chi connectivity index (χ3v) is 13.0. The van der Waals surface area contributed by atoms with Gasteiger partial charge in [0.15, 0.2) is 6.29 Å². The molecule has 0 bridgehead atoms. The molecule has 0 saturated carbocycles. The molecule has 1 aliphatic rings. The summed E-state index contributed by atoms with van der Waals surface area (Å²) in [6, 6.07) is 0. The van der Waals surface area contributed by atoms with E-state index in [9.17, 15) is 15.3 Å². The van der Waals surface area contributed by atoms with E-state index in [0.29, 0.717) is 0 Å². The van der Waals surface area contributed by atoms with Gasteiger partial charge in [0.05, 0.1) is 6.61 Å². The molecule has 186 valence electrons. The predicted octanol–water partition coefficient (Wildman–Crippen LogP) is 3.69. The number of rotatable bonds is 14. The van der Waals surface area contributed by atoms with Gasteiger partial charge >= 0.3 is 139 Å².